The van der Waals surface area contributed by atoms with Crippen LogP contribution in [0, 0.1) is 5.82 Å². The molecule has 2 aliphatic heterocycles. The standard InChI is InChI=1S/C26H31FN2O3/c1-31-22-8-6-20(7-9-22)18-29-19-25(32-26(11-12-26)24(29)30)13-16-28(17-14-25)15-10-21-4-2-3-5-23(21)27/h2-9H,10-19H2,1H3. The van der Waals surface area contributed by atoms with Crippen molar-refractivity contribution in [2.45, 2.75) is 49.9 Å². The molecule has 2 saturated heterocycles. The van der Waals surface area contributed by atoms with E-state index in [9.17, 15) is 9.18 Å². The van der Waals surface area contributed by atoms with E-state index in [4.69, 9.17) is 9.47 Å². The van der Waals surface area contributed by atoms with Gasteiger partial charge in [0.25, 0.3) is 5.91 Å². The molecular weight excluding hydrogens is 407 g/mol. The number of carbonyl (C=O) groups is 1. The van der Waals surface area contributed by atoms with Gasteiger partial charge in [0.2, 0.25) is 0 Å². The highest BCUT2D eigenvalue weighted by atomic mass is 19.1. The summed E-state index contributed by atoms with van der Waals surface area (Å²) in [4.78, 5) is 17.5. The fourth-order valence-electron chi connectivity index (χ4n) is 5.13. The van der Waals surface area contributed by atoms with Gasteiger partial charge in [0, 0.05) is 26.2 Å². The number of carbonyl (C=O) groups excluding carboxylic acids is 1. The summed E-state index contributed by atoms with van der Waals surface area (Å²) >= 11 is 0. The van der Waals surface area contributed by atoms with Crippen LogP contribution < -0.4 is 4.74 Å². The van der Waals surface area contributed by atoms with Crippen molar-refractivity contribution in [3.63, 3.8) is 0 Å². The Morgan fingerprint density at radius 3 is 2.41 bits per heavy atom. The molecule has 0 bridgehead atoms. The van der Waals surface area contributed by atoms with Crippen molar-refractivity contribution in [2.75, 3.05) is 33.3 Å². The molecule has 32 heavy (non-hydrogen) atoms. The molecule has 6 heteroatoms. The Labute approximate surface area is 189 Å². The Hall–Kier alpha value is -2.44. The lowest BCUT2D eigenvalue weighted by atomic mass is 9.87. The van der Waals surface area contributed by atoms with E-state index in [0.29, 0.717) is 19.5 Å². The third-order valence-corrected chi connectivity index (χ3v) is 7.23. The van der Waals surface area contributed by atoms with Crippen LogP contribution >= 0.6 is 0 Å². The molecule has 3 fully saturated rings. The number of rotatable bonds is 6. The largest absolute Gasteiger partial charge is 0.497 e. The first-order chi connectivity index (χ1) is 15.5. The molecule has 3 aliphatic rings. The van der Waals surface area contributed by atoms with Crippen molar-refractivity contribution >= 4 is 5.91 Å². The Morgan fingerprint density at radius 1 is 1.03 bits per heavy atom. The molecule has 5 nitrogen and oxygen atoms in total. The fraction of sp³-hybridized carbons (Fsp3) is 0.500. The van der Waals surface area contributed by atoms with Gasteiger partial charge < -0.3 is 19.3 Å². The smallest absolute Gasteiger partial charge is 0.255 e. The average molecular weight is 439 g/mol. The minimum atomic E-state index is -0.597. The number of amides is 1. The summed E-state index contributed by atoms with van der Waals surface area (Å²) in [6.07, 6.45) is 4.16. The molecule has 2 aromatic carbocycles. The number of nitrogens with zero attached hydrogens (tertiary/aromatic N) is 2. The molecule has 0 atom stereocenters. The van der Waals surface area contributed by atoms with E-state index in [-0.39, 0.29) is 17.3 Å². The van der Waals surface area contributed by atoms with Gasteiger partial charge in [0.05, 0.1) is 19.3 Å². The lowest BCUT2D eigenvalue weighted by Crippen LogP contribution is -2.62. The van der Waals surface area contributed by atoms with Gasteiger partial charge in [0.15, 0.2) is 0 Å². The maximum absolute atomic E-state index is 13.9. The molecule has 1 saturated carbocycles. The molecule has 0 aromatic heterocycles. The summed E-state index contributed by atoms with van der Waals surface area (Å²) in [5, 5.41) is 0. The van der Waals surface area contributed by atoms with Gasteiger partial charge in [-0.25, -0.2) is 4.39 Å². The first-order valence-electron chi connectivity index (χ1n) is 11.6. The minimum Gasteiger partial charge on any atom is -0.497 e. The third-order valence-electron chi connectivity index (χ3n) is 7.23. The van der Waals surface area contributed by atoms with E-state index in [1.807, 2.05) is 41.3 Å². The molecule has 1 amide bonds. The van der Waals surface area contributed by atoms with Gasteiger partial charge >= 0.3 is 0 Å². The van der Waals surface area contributed by atoms with Gasteiger partial charge in [-0.15, -0.1) is 0 Å². The number of halogens is 1. The van der Waals surface area contributed by atoms with Crippen LogP contribution in [-0.4, -0.2) is 60.2 Å². The van der Waals surface area contributed by atoms with Crippen LogP contribution in [0.25, 0.3) is 0 Å². The summed E-state index contributed by atoms with van der Waals surface area (Å²) in [6.45, 7) is 3.91. The van der Waals surface area contributed by atoms with Crippen LogP contribution in [0.5, 0.6) is 5.75 Å². The number of benzene rings is 2. The molecule has 1 aliphatic carbocycles. The normalized spacial score (nSPS) is 21.8. The van der Waals surface area contributed by atoms with Crippen LogP contribution in [-0.2, 0) is 22.5 Å². The average Bonchev–Trinajstić information content (AvgIpc) is 3.58. The van der Waals surface area contributed by atoms with Crippen molar-refractivity contribution in [3.05, 3.63) is 65.5 Å². The monoisotopic (exact) mass is 438 g/mol. The molecule has 2 aromatic rings. The highest BCUT2D eigenvalue weighted by Crippen LogP contribution is 2.50. The highest BCUT2D eigenvalue weighted by Gasteiger charge is 2.61. The van der Waals surface area contributed by atoms with Gasteiger partial charge in [-0.3, -0.25) is 4.79 Å². The predicted molar refractivity (Wildman–Crippen MR) is 120 cm³/mol. The topological polar surface area (TPSA) is 42.0 Å². The second kappa shape index (κ2) is 8.49. The van der Waals surface area contributed by atoms with Gasteiger partial charge in [-0.05, 0) is 61.4 Å². The van der Waals surface area contributed by atoms with Crippen molar-refractivity contribution in [2.24, 2.45) is 0 Å². The Balaban J connectivity index is 1.22. The van der Waals surface area contributed by atoms with Crippen LogP contribution in [0.15, 0.2) is 48.5 Å². The number of hydrogen-bond acceptors (Lipinski definition) is 4. The number of hydrogen-bond donors (Lipinski definition) is 0. The van der Waals surface area contributed by atoms with Crippen molar-refractivity contribution in [1.82, 2.24) is 9.80 Å². The summed E-state index contributed by atoms with van der Waals surface area (Å²) < 4.78 is 25.8. The quantitative estimate of drug-likeness (QED) is 0.688. The molecular formula is C26H31FN2O3. The molecule has 0 N–H and O–H groups in total. The van der Waals surface area contributed by atoms with Crippen molar-refractivity contribution < 1.29 is 18.7 Å². The SMILES string of the molecule is COc1ccc(CN2CC3(CCN(CCc4ccccc4F)CC3)OC3(CC3)C2=O)cc1. The second-order valence-corrected chi connectivity index (χ2v) is 9.47. The Morgan fingerprint density at radius 2 is 1.75 bits per heavy atom. The van der Waals surface area contributed by atoms with Crippen molar-refractivity contribution in [3.8, 4) is 5.75 Å². The van der Waals surface area contributed by atoms with E-state index in [1.165, 1.54) is 6.07 Å². The maximum Gasteiger partial charge on any atom is 0.255 e. The van der Waals surface area contributed by atoms with Crippen LogP contribution in [0.2, 0.25) is 0 Å². The lowest BCUT2D eigenvalue weighted by molar-refractivity contribution is -0.201. The van der Waals surface area contributed by atoms with E-state index in [0.717, 1.165) is 62.2 Å². The predicted octanol–water partition coefficient (Wildman–Crippen LogP) is 3.80. The van der Waals surface area contributed by atoms with Crippen LogP contribution in [0.1, 0.15) is 36.8 Å². The zero-order chi connectivity index (χ0) is 22.2. The minimum absolute atomic E-state index is 0.125. The molecule has 170 valence electrons. The highest BCUT2D eigenvalue weighted by molar-refractivity contribution is 5.89. The summed E-state index contributed by atoms with van der Waals surface area (Å²) in [7, 11) is 1.66. The fourth-order valence-corrected chi connectivity index (χ4v) is 5.13. The van der Waals surface area contributed by atoms with Gasteiger partial charge in [0.1, 0.15) is 17.2 Å². The van der Waals surface area contributed by atoms with Gasteiger partial charge in [-0.2, -0.15) is 0 Å². The molecule has 0 unspecified atom stereocenters. The van der Waals surface area contributed by atoms with E-state index < -0.39 is 5.60 Å². The van der Waals surface area contributed by atoms with Gasteiger partial charge in [-0.1, -0.05) is 30.3 Å². The van der Waals surface area contributed by atoms with E-state index >= 15 is 0 Å². The summed E-state index contributed by atoms with van der Waals surface area (Å²) in [6, 6.07) is 15.0. The third kappa shape index (κ3) is 4.26. The number of ether oxygens (including phenoxy) is 2. The zero-order valence-electron chi connectivity index (χ0n) is 18.7. The van der Waals surface area contributed by atoms with E-state index in [2.05, 4.69) is 4.90 Å². The molecule has 2 spiro atoms. The molecule has 5 rings (SSSR count). The first kappa shape index (κ1) is 21.4. The number of morpholine rings is 1. The Bertz CT molecular complexity index is 965. The Kier molecular flexibility index (Phi) is 5.68. The maximum atomic E-state index is 13.9. The zero-order valence-corrected chi connectivity index (χ0v) is 18.7. The lowest BCUT2D eigenvalue weighted by Gasteiger charge is -2.50. The first-order valence-corrected chi connectivity index (χ1v) is 11.6. The van der Waals surface area contributed by atoms with E-state index in [1.54, 1.807) is 13.2 Å². The number of likely N-dealkylation sites (tertiary alicyclic amines) is 1. The van der Waals surface area contributed by atoms with Crippen LogP contribution in [0.3, 0.4) is 0 Å². The number of piperidine rings is 1. The number of methoxy groups -OCH3 is 1. The summed E-state index contributed by atoms with van der Waals surface area (Å²) in [5.74, 6) is 0.834. The summed E-state index contributed by atoms with van der Waals surface area (Å²) in [5.41, 5.74) is 1.01. The molecule has 0 radical (unpaired) electrons. The van der Waals surface area contributed by atoms with Crippen molar-refractivity contribution in [1.29, 1.82) is 0 Å². The second-order valence-electron chi connectivity index (χ2n) is 9.47. The van der Waals surface area contributed by atoms with Crippen LogP contribution in [0.4, 0.5) is 4.39 Å². The molecule has 2 heterocycles.